The van der Waals surface area contributed by atoms with E-state index in [0.29, 0.717) is 25.4 Å². The zero-order valence-corrected chi connectivity index (χ0v) is 22.0. The lowest BCUT2D eigenvalue weighted by Gasteiger charge is -2.12. The molecule has 0 saturated carbocycles. The van der Waals surface area contributed by atoms with Crippen molar-refractivity contribution in [2.24, 2.45) is 11.5 Å². The average molecular weight is 521 g/mol. The summed E-state index contributed by atoms with van der Waals surface area (Å²) in [6, 6.07) is 28.3. The van der Waals surface area contributed by atoms with Gasteiger partial charge < -0.3 is 25.4 Å². The summed E-state index contributed by atoms with van der Waals surface area (Å²) in [6.07, 6.45) is 1.90. The molecular formula is C33H32N2O4. The minimum Gasteiger partial charge on any atom is -0.488 e. The third-order valence-electron chi connectivity index (χ3n) is 6.72. The Morgan fingerprint density at radius 1 is 0.795 bits per heavy atom. The van der Waals surface area contributed by atoms with Crippen molar-refractivity contribution in [2.45, 2.75) is 33.0 Å². The zero-order chi connectivity index (χ0) is 27.2. The second-order valence-electron chi connectivity index (χ2n) is 9.35. The van der Waals surface area contributed by atoms with E-state index in [4.69, 9.17) is 25.4 Å². The van der Waals surface area contributed by atoms with E-state index in [2.05, 4.69) is 36.4 Å². The second-order valence-corrected chi connectivity index (χ2v) is 9.35. The number of hydrogen-bond acceptors (Lipinski definition) is 6. The van der Waals surface area contributed by atoms with E-state index in [9.17, 15) is 4.79 Å². The highest BCUT2D eigenvalue weighted by Gasteiger charge is 2.17. The minimum atomic E-state index is -0.281. The van der Waals surface area contributed by atoms with Gasteiger partial charge in [-0.2, -0.15) is 0 Å². The fourth-order valence-electron chi connectivity index (χ4n) is 4.74. The molecule has 0 bridgehead atoms. The average Bonchev–Trinajstić information content (AvgIpc) is 3.39. The molecule has 0 aliphatic heterocycles. The number of para-hydroxylation sites is 1. The Balaban J connectivity index is 1.55. The van der Waals surface area contributed by atoms with Crippen LogP contribution in [0.4, 0.5) is 0 Å². The summed E-state index contributed by atoms with van der Waals surface area (Å²) in [4.78, 5) is 12.1. The predicted molar refractivity (Wildman–Crippen MR) is 154 cm³/mol. The molecule has 1 aromatic heterocycles. The SMILES string of the molecule is CCOC(=O)Cc1ccccc1OCc1coc2c(-c3cccc(CN)c3)cc(-c3cccc(CN)c3)cc12. The van der Waals surface area contributed by atoms with Crippen LogP contribution in [0.3, 0.4) is 0 Å². The number of esters is 1. The van der Waals surface area contributed by atoms with Gasteiger partial charge in [-0.3, -0.25) is 4.79 Å². The van der Waals surface area contributed by atoms with Crippen molar-refractivity contribution in [3.8, 4) is 28.0 Å². The topological polar surface area (TPSA) is 101 Å². The molecule has 0 radical (unpaired) electrons. The predicted octanol–water partition coefficient (Wildman–Crippen LogP) is 6.37. The van der Waals surface area contributed by atoms with Crippen LogP contribution in [0.2, 0.25) is 0 Å². The second kappa shape index (κ2) is 12.0. The van der Waals surface area contributed by atoms with Crippen molar-refractivity contribution in [3.05, 3.63) is 113 Å². The Morgan fingerprint density at radius 2 is 1.51 bits per heavy atom. The first kappa shape index (κ1) is 26.2. The van der Waals surface area contributed by atoms with Gasteiger partial charge in [-0.1, -0.05) is 54.6 Å². The van der Waals surface area contributed by atoms with Gasteiger partial charge >= 0.3 is 5.97 Å². The van der Waals surface area contributed by atoms with Gasteiger partial charge in [0.2, 0.25) is 0 Å². The van der Waals surface area contributed by atoms with E-state index in [-0.39, 0.29) is 19.0 Å². The van der Waals surface area contributed by atoms with Crippen LogP contribution in [0.25, 0.3) is 33.2 Å². The standard InChI is InChI=1S/C33H32N2O4/c1-2-37-32(36)17-26-9-3-4-12-31(26)38-20-28-21-39-33-29(25-11-6-8-23(14-25)19-35)15-27(16-30(28)33)24-10-5-7-22(13-24)18-34/h3-16,21H,2,17-20,34-35H2,1H3. The Kier molecular flexibility index (Phi) is 8.06. The van der Waals surface area contributed by atoms with Crippen LogP contribution < -0.4 is 16.2 Å². The number of rotatable bonds is 10. The largest absolute Gasteiger partial charge is 0.488 e. The molecule has 1 heterocycles. The van der Waals surface area contributed by atoms with E-state index in [1.54, 1.807) is 13.2 Å². The van der Waals surface area contributed by atoms with Gasteiger partial charge in [0, 0.05) is 35.2 Å². The molecular weight excluding hydrogens is 488 g/mol. The lowest BCUT2D eigenvalue weighted by Crippen LogP contribution is -2.09. The first-order chi connectivity index (χ1) is 19.1. The third-order valence-corrected chi connectivity index (χ3v) is 6.72. The van der Waals surface area contributed by atoms with Crippen molar-refractivity contribution >= 4 is 16.9 Å². The Bertz CT molecular complexity index is 1600. The Labute approximate surface area is 228 Å². The Hall–Kier alpha value is -4.39. The fraction of sp³-hybridized carbons (Fsp3) is 0.182. The molecule has 0 saturated heterocycles. The molecule has 0 spiro atoms. The lowest BCUT2D eigenvalue weighted by molar-refractivity contribution is -0.142. The van der Waals surface area contributed by atoms with Crippen LogP contribution in [0, 0.1) is 0 Å². The van der Waals surface area contributed by atoms with Crippen LogP contribution in [-0.4, -0.2) is 12.6 Å². The molecule has 0 amide bonds. The number of ether oxygens (including phenoxy) is 2. The molecule has 5 rings (SSSR count). The lowest BCUT2D eigenvalue weighted by atomic mass is 9.94. The number of furan rings is 1. The van der Waals surface area contributed by atoms with E-state index < -0.39 is 0 Å². The minimum absolute atomic E-state index is 0.152. The number of fused-ring (bicyclic) bond motifs is 1. The van der Waals surface area contributed by atoms with Crippen molar-refractivity contribution in [1.82, 2.24) is 0 Å². The number of benzene rings is 4. The van der Waals surface area contributed by atoms with Crippen LogP contribution in [0.5, 0.6) is 5.75 Å². The summed E-state index contributed by atoms with van der Waals surface area (Å²) in [7, 11) is 0. The van der Waals surface area contributed by atoms with Crippen LogP contribution in [-0.2, 0) is 35.6 Å². The summed E-state index contributed by atoms with van der Waals surface area (Å²) in [6.45, 7) is 3.35. The maximum Gasteiger partial charge on any atom is 0.310 e. The molecule has 198 valence electrons. The quantitative estimate of drug-likeness (QED) is 0.208. The number of carbonyl (C=O) groups excluding carboxylic acids is 1. The van der Waals surface area contributed by atoms with Gasteiger partial charge in [0.15, 0.2) is 0 Å². The summed E-state index contributed by atoms with van der Waals surface area (Å²) < 4.78 is 17.5. The maximum absolute atomic E-state index is 12.1. The molecule has 6 nitrogen and oxygen atoms in total. The molecule has 5 aromatic rings. The number of hydrogen-bond donors (Lipinski definition) is 2. The smallest absolute Gasteiger partial charge is 0.310 e. The third kappa shape index (κ3) is 5.87. The van der Waals surface area contributed by atoms with Gasteiger partial charge in [-0.05, 0) is 65.1 Å². The zero-order valence-electron chi connectivity index (χ0n) is 22.0. The molecule has 0 fully saturated rings. The molecule has 0 unspecified atom stereocenters. The van der Waals surface area contributed by atoms with Crippen LogP contribution >= 0.6 is 0 Å². The van der Waals surface area contributed by atoms with E-state index >= 15 is 0 Å². The molecule has 39 heavy (non-hydrogen) atoms. The molecule has 4 aromatic carbocycles. The molecule has 0 aliphatic rings. The highest BCUT2D eigenvalue weighted by atomic mass is 16.5. The molecule has 0 atom stereocenters. The van der Waals surface area contributed by atoms with Crippen molar-refractivity contribution in [2.75, 3.05) is 6.61 Å². The van der Waals surface area contributed by atoms with E-state index in [0.717, 1.165) is 55.5 Å². The highest BCUT2D eigenvalue weighted by Crippen LogP contribution is 2.37. The van der Waals surface area contributed by atoms with Gasteiger partial charge in [0.25, 0.3) is 0 Å². The van der Waals surface area contributed by atoms with Gasteiger partial charge in [-0.15, -0.1) is 0 Å². The summed E-state index contributed by atoms with van der Waals surface area (Å²) in [5, 5.41) is 0.960. The summed E-state index contributed by atoms with van der Waals surface area (Å²) in [5.41, 5.74) is 20.6. The van der Waals surface area contributed by atoms with Gasteiger partial charge in [0.1, 0.15) is 17.9 Å². The molecule has 4 N–H and O–H groups in total. The Morgan fingerprint density at radius 3 is 2.26 bits per heavy atom. The molecule has 0 aliphatic carbocycles. The van der Waals surface area contributed by atoms with Gasteiger partial charge in [-0.25, -0.2) is 0 Å². The highest BCUT2D eigenvalue weighted by molar-refractivity contribution is 5.98. The molecule has 6 heteroatoms. The summed E-state index contributed by atoms with van der Waals surface area (Å²) >= 11 is 0. The maximum atomic E-state index is 12.1. The normalized spacial score (nSPS) is 11.1. The van der Waals surface area contributed by atoms with Crippen molar-refractivity contribution < 1.29 is 18.7 Å². The van der Waals surface area contributed by atoms with Crippen LogP contribution in [0.15, 0.2) is 95.6 Å². The van der Waals surface area contributed by atoms with Crippen molar-refractivity contribution in [1.29, 1.82) is 0 Å². The first-order valence-electron chi connectivity index (χ1n) is 13.1. The monoisotopic (exact) mass is 520 g/mol. The first-order valence-corrected chi connectivity index (χ1v) is 13.1. The fourth-order valence-corrected chi connectivity index (χ4v) is 4.74. The number of carbonyl (C=O) groups is 1. The van der Waals surface area contributed by atoms with Crippen molar-refractivity contribution in [3.63, 3.8) is 0 Å². The van der Waals surface area contributed by atoms with Crippen LogP contribution in [0.1, 0.15) is 29.2 Å². The van der Waals surface area contributed by atoms with Gasteiger partial charge in [0.05, 0.1) is 19.3 Å². The van der Waals surface area contributed by atoms with E-state index in [1.165, 1.54) is 0 Å². The summed E-state index contributed by atoms with van der Waals surface area (Å²) in [5.74, 6) is 0.360. The number of nitrogens with two attached hydrogens (primary N) is 2. The van der Waals surface area contributed by atoms with E-state index in [1.807, 2.05) is 48.5 Å².